The molecule has 0 spiro atoms. The average molecular weight is 287 g/mol. The smallest absolute Gasteiger partial charge is 0.872 e. The molecule has 0 saturated heterocycles. The molecule has 78 valence electrons. The summed E-state index contributed by atoms with van der Waals surface area (Å²) in [6.45, 7) is 0. The molecule has 2 rings (SSSR count). The Bertz CT molecular complexity index is 311. The minimum Gasteiger partial charge on any atom is -0.872 e. The fourth-order valence-electron chi connectivity index (χ4n) is 0.841. The first-order valence-electron chi connectivity index (χ1n) is 4.23. The van der Waals surface area contributed by atoms with Gasteiger partial charge in [-0.3, -0.25) is 0 Å². The van der Waals surface area contributed by atoms with Gasteiger partial charge in [0.15, 0.2) is 0 Å². The molecule has 2 aromatic rings. The summed E-state index contributed by atoms with van der Waals surface area (Å²) in [5.74, 6) is 0.144. The molecule has 0 heterocycles. The molecule has 2 aromatic carbocycles. The molecule has 0 aliphatic heterocycles. The third-order valence-electron chi connectivity index (χ3n) is 1.49. The molecule has 0 aromatic heterocycles. The summed E-state index contributed by atoms with van der Waals surface area (Å²) < 4.78 is 0. The molecule has 2 nitrogen and oxygen atoms in total. The van der Waals surface area contributed by atoms with Crippen LogP contribution in [0.2, 0.25) is 0 Å². The third kappa shape index (κ3) is 6.70. The first kappa shape index (κ1) is 13.7. The van der Waals surface area contributed by atoms with E-state index in [-0.39, 0.29) is 31.0 Å². The van der Waals surface area contributed by atoms with Gasteiger partial charge in [0.05, 0.1) is 0 Å². The first-order chi connectivity index (χ1) is 6.79. The molecule has 0 aliphatic rings. The summed E-state index contributed by atoms with van der Waals surface area (Å²) >= 11 is 0. The van der Waals surface area contributed by atoms with Gasteiger partial charge in [0.25, 0.3) is 0 Å². The van der Waals surface area contributed by atoms with Gasteiger partial charge in [0, 0.05) is 0 Å². The molecular formula is C12H10O2Ru. The van der Waals surface area contributed by atoms with Gasteiger partial charge < -0.3 is 10.2 Å². The van der Waals surface area contributed by atoms with Crippen molar-refractivity contribution < 1.29 is 29.7 Å². The largest absolute Gasteiger partial charge is 2.00 e. The molecule has 0 aliphatic carbocycles. The van der Waals surface area contributed by atoms with Gasteiger partial charge in [-0.2, -0.15) is 0 Å². The number of hydrogen-bond acceptors (Lipinski definition) is 2. The molecule has 15 heavy (non-hydrogen) atoms. The predicted molar refractivity (Wildman–Crippen MR) is 51.8 cm³/mol. The summed E-state index contributed by atoms with van der Waals surface area (Å²) in [4.78, 5) is 0. The fourth-order valence-corrected chi connectivity index (χ4v) is 0.841. The van der Waals surface area contributed by atoms with Gasteiger partial charge in [-0.15, -0.1) is 11.5 Å². The van der Waals surface area contributed by atoms with Gasteiger partial charge in [0.2, 0.25) is 0 Å². The Balaban J connectivity index is 0.000000245. The Morgan fingerprint density at radius 3 is 0.933 bits per heavy atom. The van der Waals surface area contributed by atoms with Crippen LogP contribution in [0.4, 0.5) is 0 Å². The van der Waals surface area contributed by atoms with Crippen LogP contribution >= 0.6 is 0 Å². The van der Waals surface area contributed by atoms with Crippen molar-refractivity contribution in [2.24, 2.45) is 0 Å². The van der Waals surface area contributed by atoms with Crippen molar-refractivity contribution in [3.63, 3.8) is 0 Å². The Labute approximate surface area is 102 Å². The first-order valence-corrected chi connectivity index (χ1v) is 4.23. The number of hydrogen-bond donors (Lipinski definition) is 0. The van der Waals surface area contributed by atoms with E-state index in [1.54, 1.807) is 24.3 Å². The Morgan fingerprint density at radius 2 is 0.800 bits per heavy atom. The second kappa shape index (κ2) is 8.01. The van der Waals surface area contributed by atoms with E-state index in [9.17, 15) is 10.2 Å². The Morgan fingerprint density at radius 1 is 0.533 bits per heavy atom. The van der Waals surface area contributed by atoms with Crippen molar-refractivity contribution in [1.29, 1.82) is 0 Å². The van der Waals surface area contributed by atoms with Crippen LogP contribution in [0.15, 0.2) is 60.7 Å². The van der Waals surface area contributed by atoms with Crippen LogP contribution in [-0.2, 0) is 19.5 Å². The minimum absolute atomic E-state index is 0. The van der Waals surface area contributed by atoms with Crippen LogP contribution in [0, 0.1) is 0 Å². The van der Waals surface area contributed by atoms with E-state index < -0.39 is 0 Å². The van der Waals surface area contributed by atoms with E-state index in [2.05, 4.69) is 0 Å². The van der Waals surface area contributed by atoms with Gasteiger partial charge in [0.1, 0.15) is 0 Å². The van der Waals surface area contributed by atoms with E-state index in [1.807, 2.05) is 12.1 Å². The topological polar surface area (TPSA) is 46.1 Å². The van der Waals surface area contributed by atoms with Gasteiger partial charge in [-0.05, 0) is 0 Å². The van der Waals surface area contributed by atoms with Gasteiger partial charge >= 0.3 is 19.5 Å². The van der Waals surface area contributed by atoms with Crippen molar-refractivity contribution in [1.82, 2.24) is 0 Å². The Hall–Kier alpha value is -1.34. The maximum Gasteiger partial charge on any atom is 2.00 e. The molecule has 0 saturated carbocycles. The standard InChI is InChI=1S/2C6H6O.Ru/c2*7-6-4-2-1-3-5-6;/h2*1-5,7H;/q;;+2/p-2. The van der Waals surface area contributed by atoms with Crippen LogP contribution in [-0.4, -0.2) is 0 Å². The maximum absolute atomic E-state index is 10.3. The Kier molecular flexibility index (Phi) is 7.30. The maximum atomic E-state index is 10.3. The van der Waals surface area contributed by atoms with Gasteiger partial charge in [-0.1, -0.05) is 60.7 Å². The van der Waals surface area contributed by atoms with Crippen LogP contribution in [0.1, 0.15) is 0 Å². The second-order valence-electron chi connectivity index (χ2n) is 2.63. The molecule has 0 fully saturated rings. The summed E-state index contributed by atoms with van der Waals surface area (Å²) in [6.07, 6.45) is 0. The monoisotopic (exact) mass is 288 g/mol. The van der Waals surface area contributed by atoms with Crippen molar-refractivity contribution in [2.45, 2.75) is 0 Å². The quantitative estimate of drug-likeness (QED) is 0.690. The van der Waals surface area contributed by atoms with Crippen molar-refractivity contribution >= 4 is 0 Å². The minimum atomic E-state index is 0. The second-order valence-corrected chi connectivity index (χ2v) is 2.63. The summed E-state index contributed by atoms with van der Waals surface area (Å²) in [7, 11) is 0. The predicted octanol–water partition coefficient (Wildman–Crippen LogP) is 1.52. The van der Waals surface area contributed by atoms with Crippen molar-refractivity contribution in [3.8, 4) is 11.5 Å². The zero-order chi connectivity index (χ0) is 10.2. The normalized spacial score (nSPS) is 8.00. The van der Waals surface area contributed by atoms with Crippen molar-refractivity contribution in [2.75, 3.05) is 0 Å². The molecule has 0 unspecified atom stereocenters. The number of rotatable bonds is 0. The molecule has 0 amide bonds. The van der Waals surface area contributed by atoms with Crippen LogP contribution in [0.3, 0.4) is 0 Å². The number of para-hydroxylation sites is 2. The van der Waals surface area contributed by atoms with Crippen LogP contribution in [0.5, 0.6) is 11.5 Å². The summed E-state index contributed by atoms with van der Waals surface area (Å²) in [5, 5.41) is 20.5. The molecule has 0 bridgehead atoms. The molecule has 3 heteroatoms. The molecular weight excluding hydrogens is 277 g/mol. The van der Waals surface area contributed by atoms with Crippen molar-refractivity contribution in [3.05, 3.63) is 60.7 Å². The SMILES string of the molecule is [O-]c1ccccc1.[O-]c1ccccc1.[Ru+2]. The summed E-state index contributed by atoms with van der Waals surface area (Å²) in [6, 6.07) is 16.7. The molecule has 0 radical (unpaired) electrons. The fraction of sp³-hybridized carbons (Fsp3) is 0. The molecule has 0 atom stereocenters. The van der Waals surface area contributed by atoms with Crippen LogP contribution < -0.4 is 10.2 Å². The van der Waals surface area contributed by atoms with E-state index >= 15 is 0 Å². The zero-order valence-electron chi connectivity index (χ0n) is 7.94. The third-order valence-corrected chi connectivity index (χ3v) is 1.49. The van der Waals surface area contributed by atoms with Gasteiger partial charge in [-0.25, -0.2) is 0 Å². The molecule has 0 N–H and O–H groups in total. The average Bonchev–Trinajstić information content (AvgIpc) is 2.21. The van der Waals surface area contributed by atoms with E-state index in [0.29, 0.717) is 0 Å². The summed E-state index contributed by atoms with van der Waals surface area (Å²) in [5.41, 5.74) is 0. The van der Waals surface area contributed by atoms with E-state index in [0.717, 1.165) is 0 Å². The van der Waals surface area contributed by atoms with E-state index in [1.165, 1.54) is 24.3 Å². The number of benzene rings is 2. The van der Waals surface area contributed by atoms with Crippen LogP contribution in [0.25, 0.3) is 0 Å². The van der Waals surface area contributed by atoms with E-state index in [4.69, 9.17) is 0 Å². The zero-order valence-corrected chi connectivity index (χ0v) is 9.68.